The second-order valence-corrected chi connectivity index (χ2v) is 5.66. The van der Waals surface area contributed by atoms with Crippen molar-refractivity contribution in [1.82, 2.24) is 0 Å². The average Bonchev–Trinajstić information content (AvgIpc) is 2.42. The number of ether oxygens (including phenoxy) is 1. The first-order valence-corrected chi connectivity index (χ1v) is 7.69. The third kappa shape index (κ3) is 7.73. The quantitative estimate of drug-likeness (QED) is 0.289. The van der Waals surface area contributed by atoms with E-state index < -0.39 is 0 Å². The lowest BCUT2D eigenvalue weighted by Gasteiger charge is -2.04. The van der Waals surface area contributed by atoms with Gasteiger partial charge in [-0.15, -0.1) is 11.8 Å². The summed E-state index contributed by atoms with van der Waals surface area (Å²) in [4.78, 5) is 12.4. The highest BCUT2D eigenvalue weighted by molar-refractivity contribution is 7.99. The molecule has 0 aliphatic carbocycles. The van der Waals surface area contributed by atoms with Crippen molar-refractivity contribution < 1.29 is 9.53 Å². The lowest BCUT2D eigenvalue weighted by atomic mass is 10.2. The monoisotopic (exact) mass is 278 g/mol. The first-order valence-electron chi connectivity index (χ1n) is 6.70. The lowest BCUT2D eigenvalue weighted by Crippen LogP contribution is -2.06. The van der Waals surface area contributed by atoms with Gasteiger partial charge in [0.25, 0.3) is 0 Å². The summed E-state index contributed by atoms with van der Waals surface area (Å²) in [6.45, 7) is 5.73. The molecule has 19 heavy (non-hydrogen) atoms. The van der Waals surface area contributed by atoms with Crippen LogP contribution in [0.4, 0.5) is 0 Å². The van der Waals surface area contributed by atoms with Crippen LogP contribution in [0.1, 0.15) is 32.6 Å². The lowest BCUT2D eigenvalue weighted by molar-refractivity contribution is -0.139. The molecule has 0 aromatic heterocycles. The van der Waals surface area contributed by atoms with E-state index in [1.807, 2.05) is 17.8 Å². The number of rotatable bonds is 9. The predicted octanol–water partition coefficient (Wildman–Crippen LogP) is 4.46. The van der Waals surface area contributed by atoms with Gasteiger partial charge in [0.1, 0.15) is 0 Å². The van der Waals surface area contributed by atoms with Gasteiger partial charge in [-0.05, 0) is 37.7 Å². The molecule has 1 rings (SSSR count). The molecule has 1 aromatic carbocycles. The molecular weight excluding hydrogens is 256 g/mol. The second-order valence-electron chi connectivity index (χ2n) is 4.49. The van der Waals surface area contributed by atoms with Crippen LogP contribution >= 0.6 is 11.8 Å². The van der Waals surface area contributed by atoms with Crippen molar-refractivity contribution in [2.24, 2.45) is 0 Å². The minimum Gasteiger partial charge on any atom is -0.462 e. The van der Waals surface area contributed by atoms with Gasteiger partial charge in [0, 0.05) is 10.5 Å². The minimum absolute atomic E-state index is 0.278. The molecule has 0 aliphatic heterocycles. The maximum absolute atomic E-state index is 11.1. The van der Waals surface area contributed by atoms with Crippen molar-refractivity contribution in [3.8, 4) is 0 Å². The molecule has 104 valence electrons. The van der Waals surface area contributed by atoms with Crippen LogP contribution in [-0.4, -0.2) is 18.3 Å². The van der Waals surface area contributed by atoms with E-state index in [9.17, 15) is 4.79 Å². The molecular formula is C16H22O2S. The Morgan fingerprint density at radius 3 is 2.53 bits per heavy atom. The van der Waals surface area contributed by atoms with Crippen molar-refractivity contribution in [3.05, 3.63) is 42.5 Å². The van der Waals surface area contributed by atoms with Crippen LogP contribution < -0.4 is 0 Å². The van der Waals surface area contributed by atoms with Crippen molar-refractivity contribution in [2.75, 3.05) is 12.4 Å². The number of carbonyl (C=O) groups excluding carboxylic acids is 1. The Labute approximate surface area is 120 Å². The first-order chi connectivity index (χ1) is 9.20. The summed E-state index contributed by atoms with van der Waals surface area (Å²) in [6, 6.07) is 10.5. The number of esters is 1. The Kier molecular flexibility index (Phi) is 8.07. The maximum Gasteiger partial charge on any atom is 0.333 e. The summed E-state index contributed by atoms with van der Waals surface area (Å²) >= 11 is 1.90. The molecule has 1 aromatic rings. The zero-order chi connectivity index (χ0) is 13.9. The Morgan fingerprint density at radius 1 is 1.16 bits per heavy atom. The van der Waals surface area contributed by atoms with E-state index in [0.29, 0.717) is 12.2 Å². The molecule has 2 nitrogen and oxygen atoms in total. The van der Waals surface area contributed by atoms with Gasteiger partial charge in [-0.1, -0.05) is 37.6 Å². The summed E-state index contributed by atoms with van der Waals surface area (Å²) in [6.07, 6.45) is 4.44. The SMILES string of the molecule is C=C(C)C(=O)OCCCCCCSc1ccccc1. The number of hydrogen-bond donors (Lipinski definition) is 0. The fraction of sp³-hybridized carbons (Fsp3) is 0.438. The van der Waals surface area contributed by atoms with E-state index in [-0.39, 0.29) is 5.97 Å². The van der Waals surface area contributed by atoms with E-state index in [2.05, 4.69) is 30.8 Å². The Bertz CT molecular complexity index is 387. The highest BCUT2D eigenvalue weighted by atomic mass is 32.2. The third-order valence-electron chi connectivity index (χ3n) is 2.63. The smallest absolute Gasteiger partial charge is 0.333 e. The maximum atomic E-state index is 11.1. The molecule has 0 unspecified atom stereocenters. The fourth-order valence-corrected chi connectivity index (χ4v) is 2.49. The second kappa shape index (κ2) is 9.68. The van der Waals surface area contributed by atoms with Gasteiger partial charge in [0.05, 0.1) is 6.61 Å². The Morgan fingerprint density at radius 2 is 1.84 bits per heavy atom. The molecule has 0 heterocycles. The highest BCUT2D eigenvalue weighted by Gasteiger charge is 2.01. The summed E-state index contributed by atoms with van der Waals surface area (Å²) in [5, 5.41) is 0. The number of thioether (sulfide) groups is 1. The molecule has 0 amide bonds. The number of hydrogen-bond acceptors (Lipinski definition) is 3. The largest absolute Gasteiger partial charge is 0.462 e. The summed E-state index contributed by atoms with van der Waals surface area (Å²) in [5.41, 5.74) is 0.472. The van der Waals surface area contributed by atoms with Gasteiger partial charge in [0.15, 0.2) is 0 Å². The van der Waals surface area contributed by atoms with Crippen LogP contribution in [0.15, 0.2) is 47.4 Å². The zero-order valence-corrected chi connectivity index (χ0v) is 12.4. The standard InChI is InChI=1S/C16H22O2S/c1-14(2)16(17)18-12-8-3-4-9-13-19-15-10-6-5-7-11-15/h5-7,10-11H,1,3-4,8-9,12-13H2,2H3. The molecule has 0 aliphatic rings. The zero-order valence-electron chi connectivity index (χ0n) is 11.6. The third-order valence-corrected chi connectivity index (χ3v) is 3.73. The molecule has 0 bridgehead atoms. The van der Waals surface area contributed by atoms with E-state index in [4.69, 9.17) is 4.74 Å². The van der Waals surface area contributed by atoms with Gasteiger partial charge in [0.2, 0.25) is 0 Å². The van der Waals surface area contributed by atoms with Crippen molar-refractivity contribution in [3.63, 3.8) is 0 Å². The fourth-order valence-electron chi connectivity index (χ4n) is 1.55. The van der Waals surface area contributed by atoms with Gasteiger partial charge >= 0.3 is 5.97 Å². The van der Waals surface area contributed by atoms with E-state index >= 15 is 0 Å². The number of unbranched alkanes of at least 4 members (excludes halogenated alkanes) is 3. The normalized spacial score (nSPS) is 10.2. The molecule has 0 saturated carbocycles. The molecule has 0 atom stereocenters. The van der Waals surface area contributed by atoms with Crippen LogP contribution in [0.2, 0.25) is 0 Å². The Hall–Kier alpha value is -1.22. The molecule has 0 radical (unpaired) electrons. The van der Waals surface area contributed by atoms with Gasteiger partial charge in [-0.25, -0.2) is 4.79 Å². The summed E-state index contributed by atoms with van der Waals surface area (Å²) < 4.78 is 5.04. The summed E-state index contributed by atoms with van der Waals surface area (Å²) in [5.74, 6) is 0.870. The first kappa shape index (κ1) is 15.8. The number of carbonyl (C=O) groups is 1. The van der Waals surface area contributed by atoms with E-state index in [0.717, 1.165) is 18.6 Å². The van der Waals surface area contributed by atoms with Crippen molar-refractivity contribution in [1.29, 1.82) is 0 Å². The van der Waals surface area contributed by atoms with Crippen LogP contribution in [0, 0.1) is 0 Å². The Balaban J connectivity index is 1.92. The minimum atomic E-state index is -0.278. The number of benzene rings is 1. The van der Waals surface area contributed by atoms with Crippen LogP contribution in [-0.2, 0) is 9.53 Å². The summed E-state index contributed by atoms with van der Waals surface area (Å²) in [7, 11) is 0. The van der Waals surface area contributed by atoms with Crippen LogP contribution in [0.5, 0.6) is 0 Å². The van der Waals surface area contributed by atoms with Gasteiger partial charge in [-0.3, -0.25) is 0 Å². The average molecular weight is 278 g/mol. The molecule has 0 spiro atoms. The van der Waals surface area contributed by atoms with E-state index in [1.54, 1.807) is 6.92 Å². The van der Waals surface area contributed by atoms with Crippen LogP contribution in [0.25, 0.3) is 0 Å². The predicted molar refractivity (Wildman–Crippen MR) is 81.4 cm³/mol. The van der Waals surface area contributed by atoms with Crippen LogP contribution in [0.3, 0.4) is 0 Å². The van der Waals surface area contributed by atoms with E-state index in [1.165, 1.54) is 17.7 Å². The molecule has 0 fully saturated rings. The topological polar surface area (TPSA) is 26.3 Å². The van der Waals surface area contributed by atoms with Gasteiger partial charge in [-0.2, -0.15) is 0 Å². The molecule has 3 heteroatoms. The van der Waals surface area contributed by atoms with Gasteiger partial charge < -0.3 is 4.74 Å². The molecule has 0 saturated heterocycles. The highest BCUT2D eigenvalue weighted by Crippen LogP contribution is 2.18. The van der Waals surface area contributed by atoms with Crippen molar-refractivity contribution >= 4 is 17.7 Å². The van der Waals surface area contributed by atoms with Crippen molar-refractivity contribution in [2.45, 2.75) is 37.5 Å². The molecule has 0 N–H and O–H groups in total.